The Labute approximate surface area is 149 Å². The van der Waals surface area contributed by atoms with Gasteiger partial charge in [-0.2, -0.15) is 0 Å². The summed E-state index contributed by atoms with van der Waals surface area (Å²) in [5, 5.41) is 18.7. The molecule has 1 heterocycles. The highest BCUT2D eigenvalue weighted by molar-refractivity contribution is 7.80. The molecule has 0 saturated carbocycles. The van der Waals surface area contributed by atoms with Gasteiger partial charge >= 0.3 is 0 Å². The van der Waals surface area contributed by atoms with Gasteiger partial charge < -0.3 is 21.1 Å². The third-order valence-electron chi connectivity index (χ3n) is 3.84. The van der Waals surface area contributed by atoms with Gasteiger partial charge in [-0.25, -0.2) is 4.39 Å². The Balaban J connectivity index is 1.92. The van der Waals surface area contributed by atoms with E-state index in [-0.39, 0.29) is 17.5 Å². The normalized spacial score (nSPS) is 16.9. The third kappa shape index (κ3) is 3.77. The van der Waals surface area contributed by atoms with E-state index >= 15 is 0 Å². The van der Waals surface area contributed by atoms with Gasteiger partial charge in [-0.3, -0.25) is 4.79 Å². The highest BCUT2D eigenvalue weighted by Gasteiger charge is 2.29. The molecule has 0 saturated heterocycles. The summed E-state index contributed by atoms with van der Waals surface area (Å²) >= 11 is 5.19. The molecule has 1 atom stereocenters. The second-order valence-corrected chi connectivity index (χ2v) is 6.03. The smallest absolute Gasteiger partial charge is 0.255 e. The van der Waals surface area contributed by atoms with Crippen LogP contribution in [0.3, 0.4) is 0 Å². The topological polar surface area (TPSA) is 73.4 Å². The maximum atomic E-state index is 13.0. The molecule has 0 aromatic heterocycles. The number of halogens is 1. The fourth-order valence-electron chi connectivity index (χ4n) is 2.64. The summed E-state index contributed by atoms with van der Waals surface area (Å²) in [4.78, 5) is 12.8. The molecule has 25 heavy (non-hydrogen) atoms. The van der Waals surface area contributed by atoms with E-state index in [9.17, 15) is 14.3 Å². The number of aromatic hydroxyl groups is 1. The second-order valence-electron chi connectivity index (χ2n) is 5.62. The van der Waals surface area contributed by atoms with Crippen molar-refractivity contribution in [3.8, 4) is 5.75 Å². The molecule has 0 aliphatic carbocycles. The van der Waals surface area contributed by atoms with Crippen LogP contribution >= 0.6 is 12.2 Å². The van der Waals surface area contributed by atoms with E-state index in [1.165, 1.54) is 24.3 Å². The molecule has 0 bridgehead atoms. The van der Waals surface area contributed by atoms with Crippen LogP contribution in [-0.2, 0) is 4.79 Å². The summed E-state index contributed by atoms with van der Waals surface area (Å²) in [6.07, 6.45) is 0. The zero-order chi connectivity index (χ0) is 18.0. The van der Waals surface area contributed by atoms with Gasteiger partial charge in [-0.15, -0.1) is 0 Å². The number of carbonyl (C=O) groups excluding carboxylic acids is 1. The summed E-state index contributed by atoms with van der Waals surface area (Å²) in [5.41, 5.74) is 2.36. The maximum absolute atomic E-state index is 13.0. The summed E-state index contributed by atoms with van der Waals surface area (Å²) in [6.45, 7) is 1.76. The van der Waals surface area contributed by atoms with Crippen molar-refractivity contribution in [3.63, 3.8) is 0 Å². The minimum atomic E-state index is -0.463. The first-order chi connectivity index (χ1) is 11.9. The van der Waals surface area contributed by atoms with Crippen molar-refractivity contribution in [1.82, 2.24) is 10.6 Å². The van der Waals surface area contributed by atoms with Gasteiger partial charge in [0.05, 0.1) is 11.6 Å². The predicted molar refractivity (Wildman–Crippen MR) is 97.4 cm³/mol. The molecule has 4 N–H and O–H groups in total. The van der Waals surface area contributed by atoms with Crippen LogP contribution in [0.5, 0.6) is 5.75 Å². The number of phenolic OH excluding ortho intramolecular Hbond substituents is 1. The van der Waals surface area contributed by atoms with Crippen molar-refractivity contribution in [2.75, 3.05) is 5.32 Å². The molecule has 2 aromatic carbocycles. The van der Waals surface area contributed by atoms with E-state index in [1.807, 2.05) is 0 Å². The predicted octanol–water partition coefficient (Wildman–Crippen LogP) is 2.96. The molecule has 1 unspecified atom stereocenters. The minimum absolute atomic E-state index is 0.137. The quantitative estimate of drug-likeness (QED) is 0.636. The van der Waals surface area contributed by atoms with Crippen LogP contribution in [0.4, 0.5) is 10.1 Å². The molecule has 1 amide bonds. The van der Waals surface area contributed by atoms with E-state index in [2.05, 4.69) is 16.0 Å². The number of anilines is 1. The van der Waals surface area contributed by atoms with Crippen LogP contribution in [-0.4, -0.2) is 16.1 Å². The van der Waals surface area contributed by atoms with E-state index in [0.717, 1.165) is 5.56 Å². The number of phenols is 1. The fraction of sp³-hybridized carbons (Fsp3) is 0.111. The van der Waals surface area contributed by atoms with Gasteiger partial charge in [0.15, 0.2) is 5.11 Å². The molecule has 1 aliphatic heterocycles. The van der Waals surface area contributed by atoms with E-state index < -0.39 is 6.04 Å². The van der Waals surface area contributed by atoms with Crippen molar-refractivity contribution in [3.05, 3.63) is 71.2 Å². The summed E-state index contributed by atoms with van der Waals surface area (Å²) in [7, 11) is 0. The zero-order valence-corrected chi connectivity index (χ0v) is 14.2. The molecular weight excluding hydrogens is 341 g/mol. The van der Waals surface area contributed by atoms with Gasteiger partial charge in [0.1, 0.15) is 11.6 Å². The Bertz CT molecular complexity index is 848. The molecule has 0 radical (unpaired) electrons. The Morgan fingerprint density at radius 3 is 2.44 bits per heavy atom. The number of carbonyl (C=O) groups is 1. The first kappa shape index (κ1) is 16.9. The highest BCUT2D eigenvalue weighted by atomic mass is 32.1. The van der Waals surface area contributed by atoms with Gasteiger partial charge in [0.25, 0.3) is 5.91 Å². The molecular formula is C18H16FN3O2S. The van der Waals surface area contributed by atoms with E-state index in [0.29, 0.717) is 22.1 Å². The number of rotatable bonds is 3. The number of hydrogen-bond acceptors (Lipinski definition) is 3. The average Bonchev–Trinajstić information content (AvgIpc) is 2.57. The molecule has 1 aliphatic rings. The molecule has 2 aromatic rings. The minimum Gasteiger partial charge on any atom is -0.508 e. The van der Waals surface area contributed by atoms with E-state index in [1.54, 1.807) is 31.2 Å². The van der Waals surface area contributed by atoms with Gasteiger partial charge in [0.2, 0.25) is 0 Å². The summed E-state index contributed by atoms with van der Waals surface area (Å²) in [6, 6.07) is 11.6. The largest absolute Gasteiger partial charge is 0.508 e. The van der Waals surface area contributed by atoms with E-state index in [4.69, 9.17) is 12.2 Å². The first-order valence-electron chi connectivity index (χ1n) is 7.58. The third-order valence-corrected chi connectivity index (χ3v) is 4.06. The van der Waals surface area contributed by atoms with Crippen LogP contribution in [0.2, 0.25) is 0 Å². The molecule has 0 fully saturated rings. The second kappa shape index (κ2) is 6.90. The monoisotopic (exact) mass is 357 g/mol. The lowest BCUT2D eigenvalue weighted by Crippen LogP contribution is -2.45. The van der Waals surface area contributed by atoms with Crippen LogP contribution in [0.1, 0.15) is 18.5 Å². The molecule has 5 nitrogen and oxygen atoms in total. The lowest BCUT2D eigenvalue weighted by molar-refractivity contribution is -0.113. The van der Waals surface area contributed by atoms with Crippen molar-refractivity contribution in [2.24, 2.45) is 0 Å². The number of benzene rings is 2. The summed E-state index contributed by atoms with van der Waals surface area (Å²) in [5.74, 6) is -0.565. The molecule has 128 valence electrons. The number of nitrogens with one attached hydrogen (secondary N) is 3. The number of hydrogen-bond donors (Lipinski definition) is 4. The molecule has 0 spiro atoms. The van der Waals surface area contributed by atoms with Crippen LogP contribution < -0.4 is 16.0 Å². The number of amides is 1. The first-order valence-corrected chi connectivity index (χ1v) is 7.99. The van der Waals surface area contributed by atoms with Crippen molar-refractivity contribution < 1.29 is 14.3 Å². The summed E-state index contributed by atoms with van der Waals surface area (Å²) < 4.78 is 13.0. The van der Waals surface area contributed by atoms with Crippen molar-refractivity contribution in [2.45, 2.75) is 13.0 Å². The Morgan fingerprint density at radius 2 is 1.80 bits per heavy atom. The van der Waals surface area contributed by atoms with Gasteiger partial charge in [-0.1, -0.05) is 12.1 Å². The van der Waals surface area contributed by atoms with Gasteiger partial charge in [0, 0.05) is 11.4 Å². The highest BCUT2D eigenvalue weighted by Crippen LogP contribution is 2.28. The number of thiocarbonyl (C=S) groups is 1. The Kier molecular flexibility index (Phi) is 4.67. The van der Waals surface area contributed by atoms with Crippen LogP contribution in [0, 0.1) is 5.82 Å². The van der Waals surface area contributed by atoms with Crippen molar-refractivity contribution >= 4 is 28.9 Å². The fourth-order valence-corrected chi connectivity index (χ4v) is 2.91. The van der Waals surface area contributed by atoms with Gasteiger partial charge in [-0.05, 0) is 61.1 Å². The Morgan fingerprint density at radius 1 is 1.16 bits per heavy atom. The maximum Gasteiger partial charge on any atom is 0.255 e. The standard InChI is InChI=1S/C18H16FN3O2S/c1-10-15(17(24)21-13-6-4-12(19)5-7-13)16(22-18(25)20-10)11-2-8-14(23)9-3-11/h2-9,16,23H,1H3,(H,21,24)(H2,20,22,25). The molecule has 3 rings (SSSR count). The Hall–Kier alpha value is -2.93. The van der Waals surface area contributed by atoms with Crippen molar-refractivity contribution in [1.29, 1.82) is 0 Å². The lowest BCUT2D eigenvalue weighted by Gasteiger charge is -2.30. The molecule has 7 heteroatoms. The SMILES string of the molecule is CC1=C(C(=O)Nc2ccc(F)cc2)C(c2ccc(O)cc2)NC(=S)N1. The number of allylic oxidation sites excluding steroid dienone is 1. The lowest BCUT2D eigenvalue weighted by atomic mass is 9.95. The zero-order valence-electron chi connectivity index (χ0n) is 13.3. The van der Waals surface area contributed by atoms with Crippen LogP contribution in [0.15, 0.2) is 59.8 Å². The average molecular weight is 357 g/mol. The van der Waals surface area contributed by atoms with Crippen LogP contribution in [0.25, 0.3) is 0 Å².